The highest BCUT2D eigenvalue weighted by molar-refractivity contribution is 6.30. The number of allylic oxidation sites excluding steroid dienone is 1. The van der Waals surface area contributed by atoms with Gasteiger partial charge in [-0.25, -0.2) is 4.39 Å². The molecule has 5 rings (SSSR count). The lowest BCUT2D eigenvalue weighted by Gasteiger charge is -2.38. The molecule has 0 bridgehead atoms. The second kappa shape index (κ2) is 8.49. The van der Waals surface area contributed by atoms with Gasteiger partial charge < -0.3 is 10.0 Å². The molecule has 0 unspecified atom stereocenters. The molecule has 3 aromatic rings. The second-order valence-corrected chi connectivity index (χ2v) is 8.85. The van der Waals surface area contributed by atoms with E-state index in [2.05, 4.69) is 0 Å². The number of carbonyl (C=O) groups excluding carboxylic acids is 1. The maximum atomic E-state index is 13.7. The van der Waals surface area contributed by atoms with E-state index in [1.807, 2.05) is 54.6 Å². The molecule has 1 N–H and O–H groups in total. The van der Waals surface area contributed by atoms with Gasteiger partial charge in [0.25, 0.3) is 0 Å². The van der Waals surface area contributed by atoms with Crippen molar-refractivity contribution < 1.29 is 14.3 Å². The molecule has 0 saturated carbocycles. The number of carbonyl (C=O) groups is 1. The average Bonchev–Trinajstić information content (AvgIpc) is 2.94. The fraction of sp³-hybridized carbons (Fsp3) is 0.185. The Hall–Kier alpha value is -3.44. The molecule has 0 aromatic heterocycles. The van der Waals surface area contributed by atoms with Crippen molar-refractivity contribution in [3.8, 4) is 0 Å². The van der Waals surface area contributed by atoms with Gasteiger partial charge >= 0.3 is 0 Å². The minimum atomic E-state index is -0.562. The number of amides is 1. The standard InChI is InChI=1S/C27H22ClFN2O2/c1-16(32)31-24-5-3-2-4-22(24)30-23-14-19(17-6-10-20(28)11-7-17)15-25(33)26(23)27(31)18-8-12-21(29)13-9-18/h2-13,15,19,26-27,33H,14H2,1H3/t19-,26+,27-/m0/s1. The van der Waals surface area contributed by atoms with Gasteiger partial charge in [0, 0.05) is 23.6 Å². The van der Waals surface area contributed by atoms with Crippen molar-refractivity contribution >= 4 is 34.6 Å². The number of para-hydroxylation sites is 2. The third-order valence-corrected chi connectivity index (χ3v) is 6.58. The number of aliphatic hydroxyl groups excluding tert-OH is 1. The highest BCUT2D eigenvalue weighted by Crippen LogP contribution is 2.48. The molecular formula is C27H22ClFN2O2. The van der Waals surface area contributed by atoms with Gasteiger partial charge in [0.2, 0.25) is 5.91 Å². The van der Waals surface area contributed by atoms with E-state index >= 15 is 0 Å². The van der Waals surface area contributed by atoms with Crippen LogP contribution in [0.1, 0.15) is 36.4 Å². The molecule has 4 nitrogen and oxygen atoms in total. The summed E-state index contributed by atoms with van der Waals surface area (Å²) in [7, 11) is 0. The van der Waals surface area contributed by atoms with Crippen molar-refractivity contribution in [2.75, 3.05) is 4.90 Å². The van der Waals surface area contributed by atoms with Gasteiger partial charge in [-0.05, 0) is 60.0 Å². The van der Waals surface area contributed by atoms with E-state index < -0.39 is 12.0 Å². The van der Waals surface area contributed by atoms with Gasteiger partial charge in [0.05, 0.1) is 23.3 Å². The maximum absolute atomic E-state index is 13.7. The Bertz CT molecular complexity index is 1270. The van der Waals surface area contributed by atoms with Crippen LogP contribution in [0.3, 0.4) is 0 Å². The van der Waals surface area contributed by atoms with Crippen molar-refractivity contribution in [3.63, 3.8) is 0 Å². The van der Waals surface area contributed by atoms with Crippen molar-refractivity contribution in [2.24, 2.45) is 10.9 Å². The van der Waals surface area contributed by atoms with E-state index in [1.165, 1.54) is 19.1 Å². The molecule has 1 aliphatic carbocycles. The van der Waals surface area contributed by atoms with Crippen LogP contribution in [0.4, 0.5) is 15.8 Å². The van der Waals surface area contributed by atoms with Crippen LogP contribution in [0.15, 0.2) is 89.6 Å². The summed E-state index contributed by atoms with van der Waals surface area (Å²) in [6.07, 6.45) is 2.41. The third-order valence-electron chi connectivity index (χ3n) is 6.33. The van der Waals surface area contributed by atoms with Crippen molar-refractivity contribution in [2.45, 2.75) is 25.3 Å². The number of hydrogen-bond donors (Lipinski definition) is 1. The number of nitrogens with zero attached hydrogens (tertiary/aromatic N) is 2. The maximum Gasteiger partial charge on any atom is 0.224 e. The zero-order valence-corrected chi connectivity index (χ0v) is 18.7. The fourth-order valence-electron chi connectivity index (χ4n) is 4.86. The molecule has 1 amide bonds. The van der Waals surface area contributed by atoms with E-state index in [1.54, 1.807) is 17.0 Å². The van der Waals surface area contributed by atoms with Gasteiger partial charge in [-0.2, -0.15) is 0 Å². The summed E-state index contributed by atoms with van der Waals surface area (Å²) in [6, 6.07) is 20.5. The smallest absolute Gasteiger partial charge is 0.224 e. The molecule has 3 atom stereocenters. The summed E-state index contributed by atoms with van der Waals surface area (Å²) in [5.41, 5.74) is 3.86. The number of aliphatic imine (C=N–C) groups is 1. The van der Waals surface area contributed by atoms with E-state index in [-0.39, 0.29) is 23.4 Å². The number of aliphatic hydroxyl groups is 1. The highest BCUT2D eigenvalue weighted by atomic mass is 35.5. The number of fused-ring (bicyclic) bond motifs is 2. The van der Waals surface area contributed by atoms with Crippen molar-refractivity contribution in [1.29, 1.82) is 0 Å². The molecular weight excluding hydrogens is 439 g/mol. The quantitative estimate of drug-likeness (QED) is 0.452. The lowest BCUT2D eigenvalue weighted by atomic mass is 9.76. The van der Waals surface area contributed by atoms with Crippen LogP contribution in [0.5, 0.6) is 0 Å². The molecule has 0 spiro atoms. The first kappa shape index (κ1) is 21.4. The topological polar surface area (TPSA) is 52.9 Å². The lowest BCUT2D eigenvalue weighted by Crippen LogP contribution is -2.41. The van der Waals surface area contributed by atoms with Crippen molar-refractivity contribution in [1.82, 2.24) is 0 Å². The molecule has 1 aliphatic heterocycles. The Morgan fingerprint density at radius 3 is 2.39 bits per heavy atom. The molecule has 6 heteroatoms. The van der Waals surface area contributed by atoms with Crippen LogP contribution in [0, 0.1) is 11.7 Å². The predicted molar refractivity (Wildman–Crippen MR) is 129 cm³/mol. The number of rotatable bonds is 2. The Labute approximate surface area is 196 Å². The lowest BCUT2D eigenvalue weighted by molar-refractivity contribution is -0.117. The summed E-state index contributed by atoms with van der Waals surface area (Å²) in [5.74, 6) is -1.02. The minimum absolute atomic E-state index is 0.0813. The molecule has 166 valence electrons. The summed E-state index contributed by atoms with van der Waals surface area (Å²) in [4.78, 5) is 19.6. The number of hydrogen-bond acceptors (Lipinski definition) is 3. The second-order valence-electron chi connectivity index (χ2n) is 8.41. The number of anilines is 1. The number of benzene rings is 3. The van der Waals surface area contributed by atoms with E-state index in [4.69, 9.17) is 16.6 Å². The first-order valence-corrected chi connectivity index (χ1v) is 11.2. The zero-order chi connectivity index (χ0) is 23.1. The average molecular weight is 461 g/mol. The molecule has 1 heterocycles. The fourth-order valence-corrected chi connectivity index (χ4v) is 4.98. The summed E-state index contributed by atoms with van der Waals surface area (Å²) >= 11 is 6.06. The normalized spacial score (nSPS) is 21.9. The Kier molecular flexibility index (Phi) is 5.51. The Morgan fingerprint density at radius 1 is 1.03 bits per heavy atom. The van der Waals surface area contributed by atoms with Crippen LogP contribution < -0.4 is 4.90 Å². The van der Waals surface area contributed by atoms with Gasteiger partial charge in [-0.1, -0.05) is 48.0 Å². The number of halogens is 2. The van der Waals surface area contributed by atoms with Gasteiger partial charge in [-0.15, -0.1) is 0 Å². The van der Waals surface area contributed by atoms with E-state index in [0.29, 0.717) is 22.8 Å². The highest BCUT2D eigenvalue weighted by Gasteiger charge is 2.43. The van der Waals surface area contributed by atoms with Gasteiger partial charge in [-0.3, -0.25) is 9.79 Å². The van der Waals surface area contributed by atoms with Crippen LogP contribution >= 0.6 is 11.6 Å². The first-order valence-electron chi connectivity index (χ1n) is 10.8. The van der Waals surface area contributed by atoms with Crippen LogP contribution in [0.25, 0.3) is 0 Å². The summed E-state index contributed by atoms with van der Waals surface area (Å²) in [6.45, 7) is 1.50. The van der Waals surface area contributed by atoms with E-state index in [0.717, 1.165) is 16.8 Å². The molecule has 33 heavy (non-hydrogen) atoms. The monoisotopic (exact) mass is 460 g/mol. The van der Waals surface area contributed by atoms with Gasteiger partial charge in [0.1, 0.15) is 11.6 Å². The first-order chi connectivity index (χ1) is 15.9. The summed E-state index contributed by atoms with van der Waals surface area (Å²) in [5, 5.41) is 12.0. The van der Waals surface area contributed by atoms with E-state index in [9.17, 15) is 14.3 Å². The molecule has 0 radical (unpaired) electrons. The van der Waals surface area contributed by atoms with Crippen LogP contribution in [-0.2, 0) is 4.79 Å². The molecule has 0 saturated heterocycles. The third kappa shape index (κ3) is 3.93. The SMILES string of the molecule is CC(=O)N1c2ccccc2N=C2C[C@H](c3ccc(Cl)cc3)C=C(O)[C@@H]2[C@@H]1c1ccc(F)cc1. The predicted octanol–water partition coefficient (Wildman–Crippen LogP) is 6.91. The molecule has 0 fully saturated rings. The molecule has 3 aromatic carbocycles. The zero-order valence-electron chi connectivity index (χ0n) is 18.0. The largest absolute Gasteiger partial charge is 0.512 e. The Balaban J connectivity index is 1.70. The molecule has 2 aliphatic rings. The van der Waals surface area contributed by atoms with Crippen LogP contribution in [0.2, 0.25) is 5.02 Å². The van der Waals surface area contributed by atoms with Crippen molar-refractivity contribution in [3.05, 3.63) is 107 Å². The minimum Gasteiger partial charge on any atom is -0.512 e. The van der Waals surface area contributed by atoms with Gasteiger partial charge in [0.15, 0.2) is 0 Å². The van der Waals surface area contributed by atoms with Crippen LogP contribution in [-0.4, -0.2) is 16.7 Å². The Morgan fingerprint density at radius 2 is 1.70 bits per heavy atom. The summed E-state index contributed by atoms with van der Waals surface area (Å²) < 4.78 is 13.7.